The molecule has 0 radical (unpaired) electrons. The number of ether oxygens (including phenoxy) is 1. The first kappa shape index (κ1) is 19.2. The molecule has 7 heteroatoms. The Morgan fingerprint density at radius 2 is 2.00 bits per heavy atom. The Bertz CT molecular complexity index is 1070. The molecule has 152 valence electrons. The second-order valence-corrected chi connectivity index (χ2v) is 7.70. The summed E-state index contributed by atoms with van der Waals surface area (Å²) in [5, 5.41) is 0. The highest BCUT2D eigenvalue weighted by molar-refractivity contribution is 5.69. The van der Waals surface area contributed by atoms with E-state index in [9.17, 15) is 9.59 Å². The van der Waals surface area contributed by atoms with E-state index >= 15 is 0 Å². The summed E-state index contributed by atoms with van der Waals surface area (Å²) in [6.45, 7) is 3.92. The van der Waals surface area contributed by atoms with Crippen molar-refractivity contribution < 1.29 is 18.4 Å². The highest BCUT2D eigenvalue weighted by atomic mass is 16.6. The third-order valence-corrected chi connectivity index (χ3v) is 5.08. The van der Waals surface area contributed by atoms with Crippen LogP contribution in [0.4, 0.5) is 0 Å². The zero-order chi connectivity index (χ0) is 20.4. The van der Waals surface area contributed by atoms with Crippen LogP contribution < -0.4 is 5.82 Å². The number of hydrogen-bond donors (Lipinski definition) is 0. The SMILES string of the molecule is CC(C)Cc1oc(=O)oc1COC(=O)CCc1ncn2c1CCc1ccccc1-2. The average molecular weight is 396 g/mol. The van der Waals surface area contributed by atoms with Crippen LogP contribution >= 0.6 is 0 Å². The maximum Gasteiger partial charge on any atom is 0.519 e. The fraction of sp³-hybridized carbons (Fsp3) is 0.409. The van der Waals surface area contributed by atoms with Gasteiger partial charge in [-0.3, -0.25) is 4.79 Å². The Morgan fingerprint density at radius 3 is 2.83 bits per heavy atom. The summed E-state index contributed by atoms with van der Waals surface area (Å²) >= 11 is 0. The van der Waals surface area contributed by atoms with Crippen LogP contribution in [0.2, 0.25) is 0 Å². The lowest BCUT2D eigenvalue weighted by Crippen LogP contribution is -2.13. The highest BCUT2D eigenvalue weighted by Gasteiger charge is 2.21. The molecule has 29 heavy (non-hydrogen) atoms. The van der Waals surface area contributed by atoms with Crippen LogP contribution in [0.1, 0.15) is 48.7 Å². The zero-order valence-electron chi connectivity index (χ0n) is 16.6. The molecule has 0 saturated heterocycles. The molecule has 0 amide bonds. The van der Waals surface area contributed by atoms with Gasteiger partial charge in [-0.15, -0.1) is 0 Å². The Hall–Kier alpha value is -3.09. The van der Waals surface area contributed by atoms with Crippen LogP contribution in [0.15, 0.2) is 44.2 Å². The van der Waals surface area contributed by atoms with E-state index in [1.807, 2.05) is 32.3 Å². The lowest BCUT2D eigenvalue weighted by molar-refractivity contribution is -0.145. The first-order valence-corrected chi connectivity index (χ1v) is 9.92. The number of hydrogen-bond acceptors (Lipinski definition) is 6. The van der Waals surface area contributed by atoms with E-state index < -0.39 is 5.82 Å². The standard InChI is InChI=1S/C22H24N2O5/c1-14(2)11-19-20(29-22(26)28-19)12-27-21(25)10-8-16-18-9-7-15-5-3-4-6-17(15)24(18)13-23-16/h3-6,13-14H,7-12H2,1-2H3. The van der Waals surface area contributed by atoms with Crippen LogP contribution in [0.5, 0.6) is 0 Å². The number of para-hydroxylation sites is 1. The summed E-state index contributed by atoms with van der Waals surface area (Å²) in [5.74, 6) is -0.103. The van der Waals surface area contributed by atoms with Crippen molar-refractivity contribution in [1.82, 2.24) is 9.55 Å². The molecule has 1 aliphatic rings. The number of imidazole rings is 1. The largest absolute Gasteiger partial charge is 0.519 e. The summed E-state index contributed by atoms with van der Waals surface area (Å²) in [5.41, 5.74) is 4.54. The molecular weight excluding hydrogens is 372 g/mol. The van der Waals surface area contributed by atoms with Gasteiger partial charge in [-0.2, -0.15) is 0 Å². The van der Waals surface area contributed by atoms with Gasteiger partial charge in [0.05, 0.1) is 18.4 Å². The van der Waals surface area contributed by atoms with E-state index in [1.165, 1.54) is 5.56 Å². The van der Waals surface area contributed by atoms with E-state index in [0.717, 1.165) is 29.9 Å². The van der Waals surface area contributed by atoms with Gasteiger partial charge >= 0.3 is 11.8 Å². The Labute approximate surface area is 168 Å². The molecule has 4 rings (SSSR count). The van der Waals surface area contributed by atoms with Crippen LogP contribution in [0.25, 0.3) is 5.69 Å². The molecule has 1 aliphatic heterocycles. The normalized spacial score (nSPS) is 12.7. The number of carbonyl (C=O) groups is 1. The molecule has 0 spiro atoms. The molecule has 3 aromatic rings. The van der Waals surface area contributed by atoms with Gasteiger partial charge in [0.2, 0.25) is 0 Å². The molecule has 0 fully saturated rings. The van der Waals surface area contributed by atoms with Gasteiger partial charge in [-0.1, -0.05) is 32.0 Å². The minimum atomic E-state index is -0.767. The lowest BCUT2D eigenvalue weighted by Gasteiger charge is -2.19. The predicted octanol–water partition coefficient (Wildman–Crippen LogP) is 3.39. The molecular formula is C22H24N2O5. The number of benzene rings is 1. The first-order chi connectivity index (χ1) is 14.0. The van der Waals surface area contributed by atoms with E-state index in [-0.39, 0.29) is 24.8 Å². The van der Waals surface area contributed by atoms with E-state index in [1.54, 1.807) is 0 Å². The van der Waals surface area contributed by atoms with Crippen molar-refractivity contribution in [2.75, 3.05) is 0 Å². The van der Waals surface area contributed by atoms with Crippen molar-refractivity contribution in [2.45, 2.75) is 52.6 Å². The van der Waals surface area contributed by atoms with Crippen molar-refractivity contribution in [3.8, 4) is 5.69 Å². The minimum Gasteiger partial charge on any atom is -0.457 e. The number of aryl methyl sites for hydroxylation is 2. The minimum absolute atomic E-state index is 0.0959. The van der Waals surface area contributed by atoms with Gasteiger partial charge in [0.1, 0.15) is 0 Å². The van der Waals surface area contributed by atoms with Crippen molar-refractivity contribution in [2.24, 2.45) is 5.92 Å². The van der Waals surface area contributed by atoms with Crippen LogP contribution in [0, 0.1) is 5.92 Å². The number of fused-ring (bicyclic) bond motifs is 3. The van der Waals surface area contributed by atoms with Crippen LogP contribution in [0.3, 0.4) is 0 Å². The summed E-state index contributed by atoms with van der Waals surface area (Å²) in [6.07, 6.45) is 4.98. The summed E-state index contributed by atoms with van der Waals surface area (Å²) in [4.78, 5) is 28.1. The Balaban J connectivity index is 1.36. The number of aromatic nitrogens is 2. The van der Waals surface area contributed by atoms with Crippen LogP contribution in [-0.2, 0) is 41.8 Å². The number of nitrogens with zero attached hydrogens (tertiary/aromatic N) is 2. The highest BCUT2D eigenvalue weighted by Crippen LogP contribution is 2.26. The monoisotopic (exact) mass is 396 g/mol. The van der Waals surface area contributed by atoms with Gasteiger partial charge in [0, 0.05) is 24.2 Å². The van der Waals surface area contributed by atoms with Crippen LogP contribution in [-0.4, -0.2) is 15.5 Å². The quantitative estimate of drug-likeness (QED) is 0.569. The third kappa shape index (κ3) is 4.18. The van der Waals surface area contributed by atoms with E-state index in [0.29, 0.717) is 24.5 Å². The topological polar surface area (TPSA) is 87.5 Å². The summed E-state index contributed by atoms with van der Waals surface area (Å²) < 4.78 is 17.5. The maximum atomic E-state index is 12.2. The molecule has 0 bridgehead atoms. The molecule has 0 atom stereocenters. The number of carbonyl (C=O) groups excluding carboxylic acids is 1. The molecule has 3 heterocycles. The zero-order valence-corrected chi connectivity index (χ0v) is 16.6. The molecule has 7 nitrogen and oxygen atoms in total. The summed E-state index contributed by atoms with van der Waals surface area (Å²) in [7, 11) is 0. The Morgan fingerprint density at radius 1 is 1.21 bits per heavy atom. The van der Waals surface area contributed by atoms with Gasteiger partial charge in [-0.05, 0) is 30.4 Å². The Kier molecular flexibility index (Phi) is 5.38. The molecule has 0 saturated carbocycles. The van der Waals surface area contributed by atoms with Crippen molar-refractivity contribution in [3.05, 3.63) is 69.7 Å². The van der Waals surface area contributed by atoms with Gasteiger partial charge in [0.25, 0.3) is 0 Å². The van der Waals surface area contributed by atoms with Crippen molar-refractivity contribution in [1.29, 1.82) is 0 Å². The van der Waals surface area contributed by atoms with Gasteiger partial charge < -0.3 is 18.1 Å². The second-order valence-electron chi connectivity index (χ2n) is 7.70. The van der Waals surface area contributed by atoms with Gasteiger partial charge in [0.15, 0.2) is 18.1 Å². The average Bonchev–Trinajstić information content (AvgIpc) is 3.27. The second kappa shape index (κ2) is 8.11. The lowest BCUT2D eigenvalue weighted by atomic mass is 10.00. The third-order valence-electron chi connectivity index (χ3n) is 5.08. The molecule has 0 aliphatic carbocycles. The fourth-order valence-corrected chi connectivity index (χ4v) is 3.71. The van der Waals surface area contributed by atoms with Crippen molar-refractivity contribution in [3.63, 3.8) is 0 Å². The molecule has 0 N–H and O–H groups in total. The number of esters is 1. The molecule has 1 aromatic carbocycles. The molecule has 0 unspecified atom stereocenters. The van der Waals surface area contributed by atoms with Gasteiger partial charge in [-0.25, -0.2) is 9.78 Å². The summed E-state index contributed by atoms with van der Waals surface area (Å²) in [6, 6.07) is 8.29. The first-order valence-electron chi connectivity index (χ1n) is 9.92. The fourth-order valence-electron chi connectivity index (χ4n) is 3.71. The smallest absolute Gasteiger partial charge is 0.457 e. The maximum absolute atomic E-state index is 12.2. The van der Waals surface area contributed by atoms with Crippen molar-refractivity contribution >= 4 is 5.97 Å². The predicted molar refractivity (Wildman–Crippen MR) is 105 cm³/mol. The van der Waals surface area contributed by atoms with E-state index in [4.69, 9.17) is 13.6 Å². The molecule has 2 aromatic heterocycles. The van der Waals surface area contributed by atoms with E-state index in [2.05, 4.69) is 21.7 Å². The number of rotatable bonds is 7.